The second-order valence-corrected chi connectivity index (χ2v) is 7.55. The van der Waals surface area contributed by atoms with Crippen LogP contribution in [-0.2, 0) is 10.0 Å². The summed E-state index contributed by atoms with van der Waals surface area (Å²) < 4.78 is 26.5. The van der Waals surface area contributed by atoms with Gasteiger partial charge in [-0.25, -0.2) is 13.4 Å². The Morgan fingerprint density at radius 3 is 2.53 bits per heavy atom. The van der Waals surface area contributed by atoms with Gasteiger partial charge in [-0.15, -0.1) is 0 Å². The smallest absolute Gasteiger partial charge is 0.243 e. The fraction of sp³-hybridized carbons (Fsp3) is 0.615. The summed E-state index contributed by atoms with van der Waals surface area (Å²) in [5.74, 6) is 0.689. The average Bonchev–Trinajstić information content (AvgIpc) is 2.39. The highest BCUT2D eigenvalue weighted by Crippen LogP contribution is 2.30. The van der Waals surface area contributed by atoms with Crippen LogP contribution in [0, 0.1) is 5.92 Å². The summed E-state index contributed by atoms with van der Waals surface area (Å²) in [5, 5.41) is 0.0403. The van der Waals surface area contributed by atoms with Crippen molar-refractivity contribution < 1.29 is 8.42 Å². The molecule has 106 valence electrons. The van der Waals surface area contributed by atoms with E-state index in [2.05, 4.69) is 11.9 Å². The van der Waals surface area contributed by atoms with Gasteiger partial charge in [0.1, 0.15) is 10.0 Å². The summed E-state index contributed by atoms with van der Waals surface area (Å²) >= 11 is 5.90. The molecule has 0 radical (unpaired) electrons. The molecule has 0 spiro atoms. The molecule has 0 amide bonds. The summed E-state index contributed by atoms with van der Waals surface area (Å²) in [6.07, 6.45) is 5.46. The van der Waals surface area contributed by atoms with Crippen molar-refractivity contribution >= 4 is 21.6 Å². The Morgan fingerprint density at radius 2 is 1.95 bits per heavy atom. The normalized spacial score (nSPS) is 24.6. The van der Waals surface area contributed by atoms with Crippen LogP contribution in [0.5, 0.6) is 0 Å². The first-order valence-electron chi connectivity index (χ1n) is 6.51. The van der Waals surface area contributed by atoms with E-state index in [4.69, 9.17) is 11.6 Å². The Kier molecular flexibility index (Phi) is 4.48. The first kappa shape index (κ1) is 14.8. The van der Waals surface area contributed by atoms with Crippen LogP contribution < -0.4 is 0 Å². The van der Waals surface area contributed by atoms with Gasteiger partial charge in [0.25, 0.3) is 0 Å². The number of rotatable bonds is 3. The lowest BCUT2D eigenvalue weighted by atomic mass is 9.87. The molecule has 1 aliphatic rings. The van der Waals surface area contributed by atoms with Gasteiger partial charge in [-0.05, 0) is 43.7 Å². The van der Waals surface area contributed by atoms with Crippen LogP contribution in [0.3, 0.4) is 0 Å². The molecule has 1 heterocycles. The highest BCUT2D eigenvalue weighted by Gasteiger charge is 2.31. The van der Waals surface area contributed by atoms with E-state index in [1.54, 1.807) is 13.1 Å². The second-order valence-electron chi connectivity index (χ2n) is 5.23. The molecule has 0 atom stereocenters. The maximum Gasteiger partial charge on any atom is 0.246 e. The molecule has 0 saturated heterocycles. The molecule has 2 rings (SSSR count). The maximum absolute atomic E-state index is 12.5. The topological polar surface area (TPSA) is 50.3 Å². The number of hydrogen-bond donors (Lipinski definition) is 0. The largest absolute Gasteiger partial charge is 0.246 e. The molecule has 19 heavy (non-hydrogen) atoms. The van der Waals surface area contributed by atoms with Crippen molar-refractivity contribution in [3.63, 3.8) is 0 Å². The van der Waals surface area contributed by atoms with Crippen molar-refractivity contribution in [1.82, 2.24) is 9.29 Å². The third kappa shape index (κ3) is 3.09. The van der Waals surface area contributed by atoms with Crippen LogP contribution in [0.1, 0.15) is 32.6 Å². The van der Waals surface area contributed by atoms with Gasteiger partial charge in [0, 0.05) is 19.3 Å². The molecule has 4 nitrogen and oxygen atoms in total. The highest BCUT2D eigenvalue weighted by atomic mass is 35.5. The van der Waals surface area contributed by atoms with Crippen LogP contribution in [0.25, 0.3) is 0 Å². The van der Waals surface area contributed by atoms with E-state index in [1.165, 1.54) is 16.6 Å². The minimum absolute atomic E-state index is 0.0403. The van der Waals surface area contributed by atoms with E-state index in [0.29, 0.717) is 5.92 Å². The lowest BCUT2D eigenvalue weighted by Crippen LogP contribution is -2.39. The molecule has 0 aliphatic heterocycles. The van der Waals surface area contributed by atoms with Crippen LogP contribution in [0.2, 0.25) is 5.15 Å². The van der Waals surface area contributed by atoms with Crippen molar-refractivity contribution in [2.75, 3.05) is 7.05 Å². The van der Waals surface area contributed by atoms with E-state index in [-0.39, 0.29) is 16.1 Å². The molecule has 1 fully saturated rings. The molecule has 6 heteroatoms. The van der Waals surface area contributed by atoms with Gasteiger partial charge in [0.2, 0.25) is 10.0 Å². The van der Waals surface area contributed by atoms with E-state index in [0.717, 1.165) is 25.7 Å². The highest BCUT2D eigenvalue weighted by molar-refractivity contribution is 7.89. The predicted molar refractivity (Wildman–Crippen MR) is 75.6 cm³/mol. The Labute approximate surface area is 119 Å². The fourth-order valence-electron chi connectivity index (χ4n) is 2.52. The molecule has 1 aromatic heterocycles. The molecular formula is C13H19ClN2O2S. The minimum atomic E-state index is -3.55. The Balaban J connectivity index is 2.23. The molecule has 1 aliphatic carbocycles. The summed E-state index contributed by atoms with van der Waals surface area (Å²) in [7, 11) is -1.91. The quantitative estimate of drug-likeness (QED) is 0.807. The van der Waals surface area contributed by atoms with Crippen molar-refractivity contribution in [2.24, 2.45) is 5.92 Å². The fourth-order valence-corrected chi connectivity index (χ4v) is 4.36. The van der Waals surface area contributed by atoms with Crippen molar-refractivity contribution in [3.8, 4) is 0 Å². The van der Waals surface area contributed by atoms with Gasteiger partial charge in [-0.2, -0.15) is 4.31 Å². The number of nitrogens with zero attached hydrogens (tertiary/aromatic N) is 2. The summed E-state index contributed by atoms with van der Waals surface area (Å²) in [6.45, 7) is 2.21. The first-order valence-corrected chi connectivity index (χ1v) is 8.33. The Hall–Kier alpha value is -0.650. The summed E-state index contributed by atoms with van der Waals surface area (Å²) in [5.41, 5.74) is 0. The van der Waals surface area contributed by atoms with Gasteiger partial charge < -0.3 is 0 Å². The van der Waals surface area contributed by atoms with E-state index in [9.17, 15) is 8.42 Å². The number of hydrogen-bond acceptors (Lipinski definition) is 3. The van der Waals surface area contributed by atoms with Crippen LogP contribution in [-0.4, -0.2) is 30.8 Å². The minimum Gasteiger partial charge on any atom is -0.243 e. The van der Waals surface area contributed by atoms with Crippen LogP contribution in [0.4, 0.5) is 0 Å². The van der Waals surface area contributed by atoms with Crippen molar-refractivity contribution in [2.45, 2.75) is 43.5 Å². The molecule has 0 bridgehead atoms. The van der Waals surface area contributed by atoms with Gasteiger partial charge in [-0.3, -0.25) is 0 Å². The van der Waals surface area contributed by atoms with Crippen LogP contribution >= 0.6 is 11.6 Å². The van der Waals surface area contributed by atoms with E-state index >= 15 is 0 Å². The number of sulfonamides is 1. The zero-order valence-electron chi connectivity index (χ0n) is 11.2. The van der Waals surface area contributed by atoms with Gasteiger partial charge >= 0.3 is 0 Å². The maximum atomic E-state index is 12.5. The number of aromatic nitrogens is 1. The predicted octanol–water partition coefficient (Wildman–Crippen LogP) is 2.93. The molecule has 0 unspecified atom stereocenters. The van der Waals surface area contributed by atoms with Crippen molar-refractivity contribution in [1.29, 1.82) is 0 Å². The monoisotopic (exact) mass is 302 g/mol. The Bertz CT molecular complexity index is 539. The summed E-state index contributed by atoms with van der Waals surface area (Å²) in [4.78, 5) is 3.94. The molecular weight excluding hydrogens is 284 g/mol. The first-order chi connectivity index (χ1) is 8.93. The third-order valence-corrected chi connectivity index (χ3v) is 6.24. The van der Waals surface area contributed by atoms with E-state index < -0.39 is 10.0 Å². The van der Waals surface area contributed by atoms with Gasteiger partial charge in [0.05, 0.1) is 0 Å². The average molecular weight is 303 g/mol. The molecule has 0 N–H and O–H groups in total. The number of pyridine rings is 1. The molecule has 0 aromatic carbocycles. The van der Waals surface area contributed by atoms with Crippen molar-refractivity contribution in [3.05, 3.63) is 23.5 Å². The molecule has 1 saturated carbocycles. The van der Waals surface area contributed by atoms with Crippen LogP contribution in [0.15, 0.2) is 23.2 Å². The summed E-state index contributed by atoms with van der Waals surface area (Å²) in [6, 6.07) is 3.17. The second kappa shape index (κ2) is 5.77. The zero-order chi connectivity index (χ0) is 14.0. The number of halogens is 1. The van der Waals surface area contributed by atoms with Gasteiger partial charge in [-0.1, -0.05) is 18.5 Å². The SMILES string of the molecule is CC1CCC(N(C)S(=O)(=O)c2cccnc2Cl)CC1. The van der Waals surface area contributed by atoms with Gasteiger partial charge in [0.15, 0.2) is 0 Å². The Morgan fingerprint density at radius 1 is 1.32 bits per heavy atom. The van der Waals surface area contributed by atoms with E-state index in [1.807, 2.05) is 0 Å². The standard InChI is InChI=1S/C13H19ClN2O2S/c1-10-5-7-11(8-6-10)16(2)19(17,18)12-4-3-9-15-13(12)14/h3-4,9-11H,5-8H2,1-2H3. The molecule has 1 aromatic rings. The third-order valence-electron chi connectivity index (χ3n) is 3.88. The lowest BCUT2D eigenvalue weighted by Gasteiger charge is -2.32. The lowest BCUT2D eigenvalue weighted by molar-refractivity contribution is 0.246. The zero-order valence-corrected chi connectivity index (χ0v) is 12.8.